The number of benzene rings is 2. The molecule has 2 aromatic rings. The molecule has 0 bridgehead atoms. The fourth-order valence-corrected chi connectivity index (χ4v) is 5.50. The summed E-state index contributed by atoms with van der Waals surface area (Å²) in [6.07, 6.45) is 4.74. The Morgan fingerprint density at radius 3 is 2.30 bits per heavy atom. The number of nitro groups is 1. The summed E-state index contributed by atoms with van der Waals surface area (Å²) >= 11 is 0. The van der Waals surface area contributed by atoms with Gasteiger partial charge in [-0.25, -0.2) is 0 Å². The molecule has 2 aliphatic heterocycles. The molecule has 2 saturated heterocycles. The zero-order valence-electron chi connectivity index (χ0n) is 22.6. The average molecular weight is 549 g/mol. The number of hydrogen-bond acceptors (Lipinski definition) is 7. The number of hydrogen-bond donors (Lipinski definition) is 2. The van der Waals surface area contributed by atoms with Gasteiger partial charge in [-0.15, -0.1) is 0 Å². The minimum atomic E-state index is -0.508. The van der Waals surface area contributed by atoms with Crippen LogP contribution >= 0.6 is 0 Å². The topological polar surface area (TPSA) is 128 Å². The molecule has 3 amide bonds. The lowest BCUT2D eigenvalue weighted by Gasteiger charge is -2.31. The number of anilines is 2. The van der Waals surface area contributed by atoms with Gasteiger partial charge in [0.2, 0.25) is 5.91 Å². The molecule has 2 N–H and O–H groups in total. The van der Waals surface area contributed by atoms with E-state index in [0.717, 1.165) is 50.9 Å². The maximum absolute atomic E-state index is 13.4. The van der Waals surface area contributed by atoms with E-state index >= 15 is 0 Å². The summed E-state index contributed by atoms with van der Waals surface area (Å²) in [6.45, 7) is 5.51. The van der Waals surface area contributed by atoms with Crippen molar-refractivity contribution in [1.82, 2.24) is 15.1 Å². The number of carbonyl (C=O) groups excluding carboxylic acids is 3. The Morgan fingerprint density at radius 2 is 1.57 bits per heavy atom. The molecule has 212 valence electrons. The minimum Gasteiger partial charge on any atom is -0.368 e. The van der Waals surface area contributed by atoms with Crippen LogP contribution in [0.3, 0.4) is 0 Å². The van der Waals surface area contributed by atoms with E-state index in [2.05, 4.69) is 15.5 Å². The predicted octanol–water partition coefficient (Wildman–Crippen LogP) is 3.12. The van der Waals surface area contributed by atoms with Crippen LogP contribution in [0.4, 0.5) is 17.1 Å². The number of carbonyl (C=O) groups is 3. The third-order valence-corrected chi connectivity index (χ3v) is 8.06. The van der Waals surface area contributed by atoms with Crippen LogP contribution in [0, 0.1) is 16.0 Å². The highest BCUT2D eigenvalue weighted by molar-refractivity contribution is 6.07. The van der Waals surface area contributed by atoms with E-state index in [9.17, 15) is 24.5 Å². The van der Waals surface area contributed by atoms with Crippen molar-refractivity contribution in [1.29, 1.82) is 0 Å². The number of non-ortho nitro benzene ring substituents is 1. The van der Waals surface area contributed by atoms with Gasteiger partial charge in [0.25, 0.3) is 17.5 Å². The second-order valence-corrected chi connectivity index (χ2v) is 10.7. The largest absolute Gasteiger partial charge is 0.368 e. The summed E-state index contributed by atoms with van der Waals surface area (Å²) in [7, 11) is 0. The van der Waals surface area contributed by atoms with Gasteiger partial charge < -0.3 is 25.3 Å². The lowest BCUT2D eigenvalue weighted by atomic mass is 9.84. The number of nitro benzene ring substituents is 1. The van der Waals surface area contributed by atoms with E-state index < -0.39 is 10.8 Å². The van der Waals surface area contributed by atoms with Gasteiger partial charge >= 0.3 is 0 Å². The molecular weight excluding hydrogens is 512 g/mol. The first-order chi connectivity index (χ1) is 19.4. The van der Waals surface area contributed by atoms with Gasteiger partial charge in [0.1, 0.15) is 0 Å². The third kappa shape index (κ3) is 6.25. The molecular formula is C29H36N6O5. The highest BCUT2D eigenvalue weighted by Crippen LogP contribution is 2.32. The zero-order valence-corrected chi connectivity index (χ0v) is 22.6. The maximum atomic E-state index is 13.4. The Bertz CT molecular complexity index is 1250. The summed E-state index contributed by atoms with van der Waals surface area (Å²) in [5, 5.41) is 17.3. The molecule has 5 rings (SSSR count). The SMILES string of the molecule is O=C(Nc1cc(C(=O)N2CCCNCC2)ccc1N1CCCN(C(=O)C2CCC2)CC1)c1ccc([N+](=O)[O-])cc1. The van der Waals surface area contributed by atoms with Crippen LogP contribution in [-0.2, 0) is 4.79 Å². The smallest absolute Gasteiger partial charge is 0.269 e. The molecule has 1 aliphatic carbocycles. The Morgan fingerprint density at radius 1 is 0.825 bits per heavy atom. The van der Waals surface area contributed by atoms with E-state index in [0.29, 0.717) is 50.5 Å². The fourth-order valence-electron chi connectivity index (χ4n) is 5.50. The van der Waals surface area contributed by atoms with Gasteiger partial charge in [-0.3, -0.25) is 24.5 Å². The summed E-state index contributed by atoms with van der Waals surface area (Å²) in [5.41, 5.74) is 1.95. The first kappa shape index (κ1) is 27.6. The molecule has 2 heterocycles. The Kier molecular flexibility index (Phi) is 8.59. The van der Waals surface area contributed by atoms with Crippen molar-refractivity contribution in [3.8, 4) is 0 Å². The van der Waals surface area contributed by atoms with Gasteiger partial charge in [0.15, 0.2) is 0 Å². The third-order valence-electron chi connectivity index (χ3n) is 8.06. The summed E-state index contributed by atoms with van der Waals surface area (Å²) in [5.74, 6) is -0.110. The van der Waals surface area contributed by atoms with Crippen LogP contribution in [-0.4, -0.2) is 84.8 Å². The number of nitrogens with zero attached hydrogens (tertiary/aromatic N) is 4. The quantitative estimate of drug-likeness (QED) is 0.419. The monoisotopic (exact) mass is 548 g/mol. The standard InChI is InChI=1S/C29H36N6O5/c36-27(21-6-9-24(10-7-21)35(39)40)31-25-20-23(29(38)33-14-2-12-30-13-17-33)8-11-26(25)32-15-3-16-34(19-18-32)28(37)22-4-1-5-22/h6-11,20,22,30H,1-5,12-19H2,(H,31,36). The molecule has 11 heteroatoms. The molecule has 3 fully saturated rings. The van der Waals surface area contributed by atoms with Crippen LogP contribution in [0.5, 0.6) is 0 Å². The Balaban J connectivity index is 1.39. The van der Waals surface area contributed by atoms with Gasteiger partial charge in [0.05, 0.1) is 16.3 Å². The van der Waals surface area contributed by atoms with Gasteiger partial charge in [-0.1, -0.05) is 6.42 Å². The van der Waals surface area contributed by atoms with Gasteiger partial charge in [0, 0.05) is 75.0 Å². The zero-order chi connectivity index (χ0) is 28.1. The summed E-state index contributed by atoms with van der Waals surface area (Å²) in [6, 6.07) is 10.8. The molecule has 0 atom stereocenters. The van der Waals surface area contributed by atoms with E-state index in [1.54, 1.807) is 12.1 Å². The average Bonchev–Trinajstić information content (AvgIpc) is 3.35. The Hall–Kier alpha value is -3.99. The van der Waals surface area contributed by atoms with Gasteiger partial charge in [-0.2, -0.15) is 0 Å². The van der Waals surface area contributed by atoms with Crippen LogP contribution < -0.4 is 15.5 Å². The van der Waals surface area contributed by atoms with Crippen molar-refractivity contribution < 1.29 is 19.3 Å². The lowest BCUT2D eigenvalue weighted by molar-refractivity contribution is -0.384. The van der Waals surface area contributed by atoms with Crippen LogP contribution in [0.2, 0.25) is 0 Å². The first-order valence-electron chi connectivity index (χ1n) is 14.1. The van der Waals surface area contributed by atoms with E-state index in [4.69, 9.17) is 0 Å². The second-order valence-electron chi connectivity index (χ2n) is 10.7. The molecule has 11 nitrogen and oxygen atoms in total. The molecule has 0 aromatic heterocycles. The van der Waals surface area contributed by atoms with Crippen molar-refractivity contribution in [2.75, 3.05) is 62.6 Å². The van der Waals surface area contributed by atoms with E-state index in [-0.39, 0.29) is 29.0 Å². The molecule has 3 aliphatic rings. The van der Waals surface area contributed by atoms with Crippen molar-refractivity contribution in [3.63, 3.8) is 0 Å². The molecule has 0 radical (unpaired) electrons. The molecule has 0 unspecified atom stereocenters. The maximum Gasteiger partial charge on any atom is 0.269 e. The summed E-state index contributed by atoms with van der Waals surface area (Å²) < 4.78 is 0. The van der Waals surface area contributed by atoms with E-state index in [1.807, 2.05) is 15.9 Å². The predicted molar refractivity (Wildman–Crippen MR) is 152 cm³/mol. The van der Waals surface area contributed by atoms with E-state index in [1.165, 1.54) is 24.3 Å². The molecule has 2 aromatic carbocycles. The summed E-state index contributed by atoms with van der Waals surface area (Å²) in [4.78, 5) is 55.9. The highest BCUT2D eigenvalue weighted by Gasteiger charge is 2.31. The lowest BCUT2D eigenvalue weighted by Crippen LogP contribution is -2.41. The van der Waals surface area contributed by atoms with Crippen molar-refractivity contribution >= 4 is 34.8 Å². The normalized spacial score (nSPS) is 18.4. The second kappa shape index (κ2) is 12.5. The highest BCUT2D eigenvalue weighted by atomic mass is 16.6. The molecule has 1 saturated carbocycles. The van der Waals surface area contributed by atoms with Crippen molar-refractivity contribution in [3.05, 3.63) is 63.7 Å². The van der Waals surface area contributed by atoms with Crippen molar-refractivity contribution in [2.24, 2.45) is 5.92 Å². The minimum absolute atomic E-state index is 0.0887. The molecule has 40 heavy (non-hydrogen) atoms. The first-order valence-corrected chi connectivity index (χ1v) is 14.1. The van der Waals surface area contributed by atoms with Crippen molar-refractivity contribution in [2.45, 2.75) is 32.1 Å². The van der Waals surface area contributed by atoms with Crippen LogP contribution in [0.1, 0.15) is 52.8 Å². The fraction of sp³-hybridized carbons (Fsp3) is 0.483. The van der Waals surface area contributed by atoms with Gasteiger partial charge in [-0.05, 0) is 62.6 Å². The molecule has 0 spiro atoms. The number of rotatable bonds is 6. The number of nitrogens with one attached hydrogen (secondary N) is 2. The number of amides is 3. The van der Waals surface area contributed by atoms with Crippen LogP contribution in [0.25, 0.3) is 0 Å². The Labute approximate surface area is 233 Å². The van der Waals surface area contributed by atoms with Crippen LogP contribution in [0.15, 0.2) is 42.5 Å².